The topological polar surface area (TPSA) is 60.5 Å². The van der Waals surface area contributed by atoms with Crippen molar-refractivity contribution in [3.05, 3.63) is 59.7 Å². The van der Waals surface area contributed by atoms with Gasteiger partial charge in [-0.3, -0.25) is 0 Å². The summed E-state index contributed by atoms with van der Waals surface area (Å²) < 4.78 is 39.8. The first-order valence-corrected chi connectivity index (χ1v) is 6.76. The molecule has 0 amide bonds. The molecule has 0 fully saturated rings. The van der Waals surface area contributed by atoms with Crippen LogP contribution in [0.2, 0.25) is 6.32 Å². The van der Waals surface area contributed by atoms with Gasteiger partial charge in [0.2, 0.25) is 0 Å². The average Bonchev–Trinajstić information content (AvgIpc) is 2.49. The third-order valence-electron chi connectivity index (χ3n) is 2.72. The Labute approximate surface area is 183 Å². The van der Waals surface area contributed by atoms with Gasteiger partial charge in [0, 0.05) is 12.6 Å². The van der Waals surface area contributed by atoms with Gasteiger partial charge in [-0.1, -0.05) is 25.0 Å². The molecule has 1 N–H and O–H groups in total. The predicted octanol–water partition coefficient (Wildman–Crippen LogP) is 0.890. The van der Waals surface area contributed by atoms with E-state index in [4.69, 9.17) is 10.7 Å². The van der Waals surface area contributed by atoms with Crippen LogP contribution in [-0.2, 0) is 0 Å². The number of nitrogens with zero attached hydrogens (tertiary/aromatic N) is 2. The van der Waals surface area contributed by atoms with Crippen LogP contribution >= 0.6 is 0 Å². The van der Waals surface area contributed by atoms with Crippen molar-refractivity contribution in [2.45, 2.75) is 25.8 Å². The van der Waals surface area contributed by atoms with Crippen molar-refractivity contribution in [2.24, 2.45) is 0 Å². The second-order valence-corrected chi connectivity index (χ2v) is 4.58. The molecule has 0 aromatic carbocycles. The molecule has 0 aliphatic carbocycles. The summed E-state index contributed by atoms with van der Waals surface area (Å²) in [5.41, 5.74) is -1.02. The fourth-order valence-corrected chi connectivity index (χ4v) is 1.67. The van der Waals surface area contributed by atoms with Crippen molar-refractivity contribution in [1.82, 2.24) is 4.98 Å². The molecule has 0 bridgehead atoms. The monoisotopic (exact) mass is 355 g/mol. The van der Waals surface area contributed by atoms with Crippen molar-refractivity contribution in [2.75, 3.05) is 0 Å². The van der Waals surface area contributed by atoms with Gasteiger partial charge in [-0.25, -0.2) is 5.98 Å². The minimum Gasteiger partial charge on any atom is -0.369 e. The summed E-state index contributed by atoms with van der Waals surface area (Å²) >= 11 is 0. The molecule has 1 aromatic rings. The van der Waals surface area contributed by atoms with E-state index in [-0.39, 0.29) is 75.4 Å². The van der Waals surface area contributed by atoms with Crippen LogP contribution in [-0.4, -0.2) is 24.2 Å². The first-order chi connectivity index (χ1) is 10.9. The molecule has 0 spiro atoms. The maximum atomic E-state index is 13.3. The molecule has 1 rings (SSSR count). The van der Waals surface area contributed by atoms with Gasteiger partial charge in [0.25, 0.3) is 0 Å². The first-order valence-electron chi connectivity index (χ1n) is 6.76. The summed E-state index contributed by atoms with van der Waals surface area (Å²) in [6.45, 7) is 1.27. The molecule has 0 saturated heterocycles. The van der Waals surface area contributed by atoms with Crippen LogP contribution in [0, 0.1) is 29.1 Å². The van der Waals surface area contributed by atoms with E-state index in [0.717, 1.165) is 6.08 Å². The minimum atomic E-state index is -4.62. The van der Waals surface area contributed by atoms with Crippen LogP contribution in [0.4, 0.5) is 13.2 Å². The third kappa shape index (κ3) is 8.31. The van der Waals surface area contributed by atoms with Crippen LogP contribution in [0.15, 0.2) is 41.7 Å². The summed E-state index contributed by atoms with van der Waals surface area (Å²) in [4.78, 5) is 3.83. The standard InChI is InChI=1S/C16H14BF3N3.K/c1-12(22)14(10-17-7-3-8-21)15(16(18,19)20)6-5-13-4-2-9-23-11-13;/h2,4-6,9,11,22H,3,7H2,1H3;/q-2;+1/b15-6+,22-12?;. The van der Waals surface area contributed by atoms with Gasteiger partial charge in [-0.05, 0) is 11.8 Å². The molecule has 119 valence electrons. The van der Waals surface area contributed by atoms with E-state index in [0.29, 0.717) is 5.56 Å². The molecule has 0 aliphatic rings. The SMILES string of the molecule is CC(=N)C(=[C-][B]CCC#N)/C(=C\[CH-]c1cccnc1)C(F)(F)F.[K+]. The maximum absolute atomic E-state index is 13.3. The summed E-state index contributed by atoms with van der Waals surface area (Å²) in [5.74, 6) is 2.49. The Hall–Kier alpha value is -0.849. The molecular weight excluding hydrogens is 341 g/mol. The Morgan fingerprint density at radius 1 is 1.54 bits per heavy atom. The molecule has 0 atom stereocenters. The van der Waals surface area contributed by atoms with Crippen molar-refractivity contribution >= 4 is 13.0 Å². The van der Waals surface area contributed by atoms with Crippen molar-refractivity contribution in [3.63, 3.8) is 0 Å². The Morgan fingerprint density at radius 2 is 2.25 bits per heavy atom. The maximum Gasteiger partial charge on any atom is 1.00 e. The van der Waals surface area contributed by atoms with Crippen molar-refractivity contribution in [3.8, 4) is 6.07 Å². The van der Waals surface area contributed by atoms with E-state index in [9.17, 15) is 13.2 Å². The molecule has 8 heteroatoms. The quantitative estimate of drug-likeness (QED) is 0.260. The minimum absolute atomic E-state index is 0. The second-order valence-electron chi connectivity index (χ2n) is 4.58. The second kappa shape index (κ2) is 11.7. The Morgan fingerprint density at radius 3 is 2.75 bits per heavy atom. The summed E-state index contributed by atoms with van der Waals surface area (Å²) in [6, 6.07) is 5.14. The number of rotatable bonds is 7. The van der Waals surface area contributed by atoms with Crippen LogP contribution < -0.4 is 51.4 Å². The summed E-state index contributed by atoms with van der Waals surface area (Å²) in [5, 5.41) is 16.0. The first kappa shape index (κ1) is 23.2. The van der Waals surface area contributed by atoms with E-state index in [2.05, 4.69) is 11.0 Å². The van der Waals surface area contributed by atoms with Crippen LogP contribution in [0.25, 0.3) is 0 Å². The fourth-order valence-electron chi connectivity index (χ4n) is 1.67. The largest absolute Gasteiger partial charge is 1.00 e. The zero-order valence-corrected chi connectivity index (χ0v) is 16.6. The Bertz CT molecular complexity index is 634. The fraction of sp³-hybridized carbons (Fsp3) is 0.250. The number of pyridine rings is 1. The van der Waals surface area contributed by atoms with E-state index in [1.165, 1.54) is 33.0 Å². The van der Waals surface area contributed by atoms with Crippen LogP contribution in [0.1, 0.15) is 18.9 Å². The van der Waals surface area contributed by atoms with Gasteiger partial charge in [0.05, 0.1) is 13.3 Å². The zero-order valence-electron chi connectivity index (χ0n) is 13.5. The molecule has 0 aliphatic heterocycles. The van der Waals surface area contributed by atoms with Gasteiger partial charge < -0.3 is 10.4 Å². The van der Waals surface area contributed by atoms with Gasteiger partial charge in [0.1, 0.15) is 0 Å². The van der Waals surface area contributed by atoms with Gasteiger partial charge >= 0.3 is 57.6 Å². The molecule has 24 heavy (non-hydrogen) atoms. The molecule has 1 radical (unpaired) electrons. The van der Waals surface area contributed by atoms with Crippen molar-refractivity contribution < 1.29 is 64.6 Å². The molecular formula is C16H14BF3KN3-. The van der Waals surface area contributed by atoms with E-state index < -0.39 is 11.7 Å². The van der Waals surface area contributed by atoms with Gasteiger partial charge in [-0.2, -0.15) is 24.0 Å². The number of hydrogen-bond donors (Lipinski definition) is 1. The molecule has 0 saturated carbocycles. The Kier molecular flexibility index (Phi) is 11.2. The predicted molar refractivity (Wildman–Crippen MR) is 82.7 cm³/mol. The smallest absolute Gasteiger partial charge is 0.369 e. The number of aromatic nitrogens is 1. The normalized spacial score (nSPS) is 12.0. The van der Waals surface area contributed by atoms with Crippen LogP contribution in [0.5, 0.6) is 0 Å². The Balaban J connectivity index is 0.00000529. The molecule has 0 unspecified atom stereocenters. The van der Waals surface area contributed by atoms with E-state index in [1.807, 2.05) is 6.07 Å². The number of nitrogens with one attached hydrogen (secondary N) is 1. The number of hydrogen-bond acceptors (Lipinski definition) is 3. The zero-order chi connectivity index (χ0) is 17.3. The molecule has 1 heterocycles. The van der Waals surface area contributed by atoms with Crippen molar-refractivity contribution in [1.29, 1.82) is 10.7 Å². The molecule has 1 aromatic heterocycles. The van der Waals surface area contributed by atoms with Crippen LogP contribution in [0.3, 0.4) is 0 Å². The average molecular weight is 355 g/mol. The molecule has 3 nitrogen and oxygen atoms in total. The third-order valence-corrected chi connectivity index (χ3v) is 2.72. The number of nitriles is 1. The number of halogens is 3. The van der Waals surface area contributed by atoms with E-state index in [1.54, 1.807) is 12.1 Å². The van der Waals surface area contributed by atoms with Gasteiger partial charge in [-0.15, -0.1) is 24.1 Å². The van der Waals surface area contributed by atoms with E-state index >= 15 is 0 Å². The number of allylic oxidation sites excluding steroid dienone is 3. The number of alkyl halides is 3. The van der Waals surface area contributed by atoms with Gasteiger partial charge in [0.15, 0.2) is 0 Å². The summed E-state index contributed by atoms with van der Waals surface area (Å²) in [7, 11) is 1.35. The summed E-state index contributed by atoms with van der Waals surface area (Å²) in [6.07, 6.45) is 1.01.